The third-order valence-electron chi connectivity index (χ3n) is 3.73. The van der Waals surface area contributed by atoms with E-state index in [1.54, 1.807) is 6.08 Å². The van der Waals surface area contributed by atoms with E-state index in [9.17, 15) is 4.79 Å². The first-order valence-electron chi connectivity index (χ1n) is 8.41. The lowest BCUT2D eigenvalue weighted by molar-refractivity contribution is -0.111. The van der Waals surface area contributed by atoms with Crippen molar-refractivity contribution >= 4 is 11.6 Å². The van der Waals surface area contributed by atoms with Gasteiger partial charge in [-0.3, -0.25) is 9.89 Å². The predicted molar refractivity (Wildman–Crippen MR) is 102 cm³/mol. The summed E-state index contributed by atoms with van der Waals surface area (Å²) in [6.07, 6.45) is 3.52. The molecule has 134 valence electrons. The van der Waals surface area contributed by atoms with E-state index in [1.807, 2.05) is 51.4 Å². The SMILES string of the molecule is CNCCN(C)Cc1c[nH]nc1-c1cccc(NC(=O)C=C(C)C)c1. The predicted octanol–water partition coefficient (Wildman–Crippen LogP) is 2.63. The fraction of sp³-hybridized carbons (Fsp3) is 0.368. The maximum absolute atomic E-state index is 11.9. The van der Waals surface area contributed by atoms with Crippen molar-refractivity contribution in [3.63, 3.8) is 0 Å². The Morgan fingerprint density at radius 2 is 2.16 bits per heavy atom. The first-order chi connectivity index (χ1) is 12.0. The summed E-state index contributed by atoms with van der Waals surface area (Å²) in [6, 6.07) is 7.76. The number of benzene rings is 1. The standard InChI is InChI=1S/C19H27N5O/c1-14(2)10-18(25)22-17-7-5-6-15(11-17)19-16(12-21-23-19)13-24(4)9-8-20-3/h5-7,10-12,20H,8-9,13H2,1-4H3,(H,21,23)(H,22,25). The van der Waals surface area contributed by atoms with Crippen molar-refractivity contribution in [1.29, 1.82) is 0 Å². The number of likely N-dealkylation sites (N-methyl/N-ethyl adjacent to an activating group) is 2. The molecule has 0 saturated carbocycles. The number of anilines is 1. The van der Waals surface area contributed by atoms with Crippen LogP contribution < -0.4 is 10.6 Å². The third kappa shape index (κ3) is 5.85. The van der Waals surface area contributed by atoms with Crippen molar-refractivity contribution in [2.75, 3.05) is 32.5 Å². The molecule has 0 aliphatic carbocycles. The topological polar surface area (TPSA) is 73.1 Å². The van der Waals surface area contributed by atoms with E-state index in [0.29, 0.717) is 0 Å². The van der Waals surface area contributed by atoms with Gasteiger partial charge in [-0.2, -0.15) is 5.10 Å². The number of nitrogens with zero attached hydrogens (tertiary/aromatic N) is 2. The molecule has 0 atom stereocenters. The largest absolute Gasteiger partial charge is 0.322 e. The van der Waals surface area contributed by atoms with Gasteiger partial charge in [0.05, 0.1) is 5.69 Å². The molecule has 0 bridgehead atoms. The Kier molecular flexibility index (Phi) is 6.91. The van der Waals surface area contributed by atoms with Crippen LogP contribution in [0.1, 0.15) is 19.4 Å². The van der Waals surface area contributed by atoms with Crippen molar-refractivity contribution < 1.29 is 4.79 Å². The van der Waals surface area contributed by atoms with Gasteiger partial charge in [0.2, 0.25) is 5.91 Å². The van der Waals surface area contributed by atoms with E-state index in [-0.39, 0.29) is 5.91 Å². The number of aromatic amines is 1. The first-order valence-corrected chi connectivity index (χ1v) is 8.41. The number of allylic oxidation sites excluding steroid dienone is 1. The van der Waals surface area contributed by atoms with E-state index < -0.39 is 0 Å². The molecule has 1 aromatic heterocycles. The second-order valence-corrected chi connectivity index (χ2v) is 6.39. The summed E-state index contributed by atoms with van der Waals surface area (Å²) in [5.74, 6) is -0.119. The van der Waals surface area contributed by atoms with Gasteiger partial charge in [0.25, 0.3) is 0 Å². The van der Waals surface area contributed by atoms with Crippen LogP contribution in [0, 0.1) is 0 Å². The Labute approximate surface area is 149 Å². The van der Waals surface area contributed by atoms with Gasteiger partial charge in [-0.25, -0.2) is 0 Å². The van der Waals surface area contributed by atoms with Crippen molar-refractivity contribution in [3.8, 4) is 11.3 Å². The number of H-pyrrole nitrogens is 1. The minimum Gasteiger partial charge on any atom is -0.322 e. The highest BCUT2D eigenvalue weighted by Crippen LogP contribution is 2.24. The molecule has 25 heavy (non-hydrogen) atoms. The normalized spacial score (nSPS) is 10.8. The molecule has 6 nitrogen and oxygen atoms in total. The highest BCUT2D eigenvalue weighted by atomic mass is 16.1. The lowest BCUT2D eigenvalue weighted by Gasteiger charge is -2.16. The zero-order valence-electron chi connectivity index (χ0n) is 15.4. The van der Waals surface area contributed by atoms with E-state index in [2.05, 4.69) is 32.8 Å². The second-order valence-electron chi connectivity index (χ2n) is 6.39. The average Bonchev–Trinajstić information content (AvgIpc) is 3.00. The Morgan fingerprint density at radius 3 is 2.88 bits per heavy atom. The molecular formula is C19H27N5O. The number of amides is 1. The van der Waals surface area contributed by atoms with E-state index in [0.717, 1.165) is 47.7 Å². The molecule has 1 heterocycles. The van der Waals surface area contributed by atoms with Crippen molar-refractivity contribution in [2.24, 2.45) is 0 Å². The molecule has 0 fully saturated rings. The molecule has 2 rings (SSSR count). The van der Waals surface area contributed by atoms with Crippen LogP contribution >= 0.6 is 0 Å². The molecular weight excluding hydrogens is 314 g/mol. The number of nitrogens with one attached hydrogen (secondary N) is 3. The molecule has 0 unspecified atom stereocenters. The van der Waals surface area contributed by atoms with Crippen LogP contribution in [0.25, 0.3) is 11.3 Å². The van der Waals surface area contributed by atoms with Crippen LogP contribution in [0.2, 0.25) is 0 Å². The lowest BCUT2D eigenvalue weighted by atomic mass is 10.1. The number of carbonyl (C=O) groups is 1. The fourth-order valence-corrected chi connectivity index (χ4v) is 2.54. The summed E-state index contributed by atoms with van der Waals surface area (Å²) in [4.78, 5) is 14.2. The molecule has 1 amide bonds. The van der Waals surface area contributed by atoms with E-state index >= 15 is 0 Å². The Hall–Kier alpha value is -2.44. The fourth-order valence-electron chi connectivity index (χ4n) is 2.54. The van der Waals surface area contributed by atoms with Gasteiger partial charge in [0, 0.05) is 48.7 Å². The third-order valence-corrected chi connectivity index (χ3v) is 3.73. The first kappa shape index (κ1) is 18.9. The smallest absolute Gasteiger partial charge is 0.248 e. The number of carbonyl (C=O) groups excluding carboxylic acids is 1. The molecule has 2 aromatic rings. The van der Waals surface area contributed by atoms with E-state index in [1.165, 1.54) is 0 Å². The van der Waals surface area contributed by atoms with Crippen LogP contribution in [0.3, 0.4) is 0 Å². The van der Waals surface area contributed by atoms with Crippen LogP contribution in [-0.2, 0) is 11.3 Å². The van der Waals surface area contributed by atoms with Crippen molar-refractivity contribution in [3.05, 3.63) is 47.7 Å². The van der Waals surface area contributed by atoms with E-state index in [4.69, 9.17) is 0 Å². The van der Waals surface area contributed by atoms with Crippen molar-refractivity contribution in [1.82, 2.24) is 20.4 Å². The summed E-state index contributed by atoms with van der Waals surface area (Å²) in [6.45, 7) is 6.50. The Balaban J connectivity index is 2.14. The minimum atomic E-state index is -0.119. The highest BCUT2D eigenvalue weighted by molar-refractivity contribution is 6.00. The summed E-state index contributed by atoms with van der Waals surface area (Å²) < 4.78 is 0. The second kappa shape index (κ2) is 9.15. The molecule has 0 radical (unpaired) electrons. The summed E-state index contributed by atoms with van der Waals surface area (Å²) in [7, 11) is 4.04. The summed E-state index contributed by atoms with van der Waals surface area (Å²) in [5, 5.41) is 13.4. The molecule has 1 aromatic carbocycles. The van der Waals surface area contributed by atoms with Gasteiger partial charge < -0.3 is 15.5 Å². The molecule has 3 N–H and O–H groups in total. The summed E-state index contributed by atoms with van der Waals surface area (Å²) >= 11 is 0. The quantitative estimate of drug-likeness (QED) is 0.646. The minimum absolute atomic E-state index is 0.119. The average molecular weight is 341 g/mol. The Bertz CT molecular complexity index is 731. The molecule has 6 heteroatoms. The van der Waals surface area contributed by atoms with Crippen molar-refractivity contribution in [2.45, 2.75) is 20.4 Å². The van der Waals surface area contributed by atoms with Gasteiger partial charge in [0.15, 0.2) is 0 Å². The lowest BCUT2D eigenvalue weighted by Crippen LogP contribution is -2.26. The molecule has 0 aliphatic rings. The zero-order valence-corrected chi connectivity index (χ0v) is 15.4. The Morgan fingerprint density at radius 1 is 1.36 bits per heavy atom. The van der Waals surface area contributed by atoms with Crippen LogP contribution in [0.5, 0.6) is 0 Å². The maximum atomic E-state index is 11.9. The maximum Gasteiger partial charge on any atom is 0.248 e. The number of rotatable bonds is 8. The summed E-state index contributed by atoms with van der Waals surface area (Å²) in [5.41, 5.74) is 4.75. The van der Waals surface area contributed by atoms with Gasteiger partial charge in [-0.15, -0.1) is 0 Å². The number of hydrogen-bond acceptors (Lipinski definition) is 4. The zero-order chi connectivity index (χ0) is 18.2. The van der Waals surface area contributed by atoms with Gasteiger partial charge in [-0.1, -0.05) is 17.7 Å². The van der Waals surface area contributed by atoms with Gasteiger partial charge in [-0.05, 0) is 40.1 Å². The van der Waals surface area contributed by atoms with Crippen LogP contribution in [-0.4, -0.2) is 48.2 Å². The van der Waals surface area contributed by atoms with Gasteiger partial charge >= 0.3 is 0 Å². The molecule has 0 aliphatic heterocycles. The molecule has 0 spiro atoms. The number of hydrogen-bond donors (Lipinski definition) is 3. The highest BCUT2D eigenvalue weighted by Gasteiger charge is 2.11. The van der Waals surface area contributed by atoms with Crippen LogP contribution in [0.4, 0.5) is 5.69 Å². The number of aromatic nitrogens is 2. The van der Waals surface area contributed by atoms with Gasteiger partial charge in [0.1, 0.15) is 0 Å². The van der Waals surface area contributed by atoms with Crippen LogP contribution in [0.15, 0.2) is 42.1 Å². The monoisotopic (exact) mass is 341 g/mol. The molecule has 0 saturated heterocycles.